The number of aliphatic hydroxyl groups excluding tert-OH is 1. The first-order valence-corrected chi connectivity index (χ1v) is 6.10. The number of anilines is 1. The van der Waals surface area contributed by atoms with Gasteiger partial charge >= 0.3 is 0 Å². The van der Waals surface area contributed by atoms with E-state index >= 15 is 0 Å². The topological polar surface area (TPSA) is 58.6 Å². The fourth-order valence-electron chi connectivity index (χ4n) is 1.77. The van der Waals surface area contributed by atoms with E-state index < -0.39 is 23.6 Å². The fourth-order valence-corrected chi connectivity index (χ4v) is 1.77. The van der Waals surface area contributed by atoms with Crippen molar-refractivity contribution in [2.24, 2.45) is 0 Å². The van der Waals surface area contributed by atoms with Crippen LogP contribution in [0.1, 0.15) is 11.7 Å². The molecule has 0 bridgehead atoms. The van der Waals surface area contributed by atoms with Crippen LogP contribution in [0.3, 0.4) is 0 Å². The first-order valence-electron chi connectivity index (χ1n) is 6.10. The van der Waals surface area contributed by atoms with Crippen molar-refractivity contribution in [3.63, 3.8) is 0 Å². The van der Waals surface area contributed by atoms with Gasteiger partial charge in [-0.25, -0.2) is 8.78 Å². The number of methoxy groups -OCH3 is 1. The number of hydrogen-bond acceptors (Lipinski definition) is 3. The standard InChI is InChI=1S/C15H13F2NO3/c1-21-13-8-10(16)12(7-11(13)17)18-15(20)14(19)9-5-3-2-4-6-9/h2-8,14,19H,1H3,(H,18,20). The summed E-state index contributed by atoms with van der Waals surface area (Å²) in [6.45, 7) is 0. The summed E-state index contributed by atoms with van der Waals surface area (Å²) in [5, 5.41) is 12.0. The van der Waals surface area contributed by atoms with E-state index in [1.54, 1.807) is 30.3 Å². The molecule has 0 spiro atoms. The summed E-state index contributed by atoms with van der Waals surface area (Å²) in [5.74, 6) is -2.80. The normalized spacial score (nSPS) is 11.8. The quantitative estimate of drug-likeness (QED) is 0.911. The summed E-state index contributed by atoms with van der Waals surface area (Å²) in [4.78, 5) is 11.8. The number of carbonyl (C=O) groups is 1. The molecule has 2 rings (SSSR count). The summed E-state index contributed by atoms with van der Waals surface area (Å²) >= 11 is 0. The SMILES string of the molecule is COc1cc(F)c(NC(=O)C(O)c2ccccc2)cc1F. The van der Waals surface area contributed by atoms with Crippen molar-refractivity contribution in [3.05, 3.63) is 59.7 Å². The van der Waals surface area contributed by atoms with Crippen LogP contribution in [0.15, 0.2) is 42.5 Å². The largest absolute Gasteiger partial charge is 0.494 e. The second kappa shape index (κ2) is 6.32. The van der Waals surface area contributed by atoms with Gasteiger partial charge in [0.1, 0.15) is 0 Å². The summed E-state index contributed by atoms with van der Waals surface area (Å²) in [6, 6.07) is 9.75. The van der Waals surface area contributed by atoms with Crippen LogP contribution < -0.4 is 10.1 Å². The third-order valence-electron chi connectivity index (χ3n) is 2.86. The Morgan fingerprint density at radius 1 is 1.19 bits per heavy atom. The lowest BCUT2D eigenvalue weighted by Gasteiger charge is -2.13. The van der Waals surface area contributed by atoms with Gasteiger partial charge in [0.05, 0.1) is 12.8 Å². The van der Waals surface area contributed by atoms with Gasteiger partial charge in [-0.2, -0.15) is 0 Å². The molecule has 0 saturated heterocycles. The highest BCUT2D eigenvalue weighted by atomic mass is 19.1. The number of benzene rings is 2. The summed E-state index contributed by atoms with van der Waals surface area (Å²) in [5.41, 5.74) is -0.0160. The van der Waals surface area contributed by atoms with Crippen molar-refractivity contribution < 1.29 is 23.4 Å². The summed E-state index contributed by atoms with van der Waals surface area (Å²) in [7, 11) is 1.20. The first-order chi connectivity index (χ1) is 10.0. The van der Waals surface area contributed by atoms with Crippen LogP contribution in [-0.2, 0) is 4.79 Å². The third-order valence-corrected chi connectivity index (χ3v) is 2.86. The molecule has 0 fully saturated rings. The van der Waals surface area contributed by atoms with Gasteiger partial charge in [0.25, 0.3) is 5.91 Å². The number of hydrogen-bond donors (Lipinski definition) is 2. The zero-order valence-corrected chi connectivity index (χ0v) is 11.1. The van der Waals surface area contributed by atoms with E-state index in [0.717, 1.165) is 12.1 Å². The molecule has 0 aromatic heterocycles. The van der Waals surface area contributed by atoms with E-state index in [1.165, 1.54) is 7.11 Å². The lowest BCUT2D eigenvalue weighted by Crippen LogP contribution is -2.21. The monoisotopic (exact) mass is 293 g/mol. The molecular formula is C15H13F2NO3. The zero-order chi connectivity index (χ0) is 15.4. The fraction of sp³-hybridized carbons (Fsp3) is 0.133. The van der Waals surface area contributed by atoms with Gasteiger partial charge in [-0.1, -0.05) is 30.3 Å². The van der Waals surface area contributed by atoms with Gasteiger partial charge in [0, 0.05) is 12.1 Å². The van der Waals surface area contributed by atoms with Crippen molar-refractivity contribution in [2.45, 2.75) is 6.10 Å². The number of carbonyl (C=O) groups excluding carboxylic acids is 1. The summed E-state index contributed by atoms with van der Waals surface area (Å²) < 4.78 is 31.8. The van der Waals surface area contributed by atoms with Gasteiger partial charge in [0.2, 0.25) is 0 Å². The number of halogens is 2. The summed E-state index contributed by atoms with van der Waals surface area (Å²) in [6.07, 6.45) is -1.48. The Morgan fingerprint density at radius 3 is 2.48 bits per heavy atom. The number of aliphatic hydroxyl groups is 1. The third kappa shape index (κ3) is 3.35. The highest BCUT2D eigenvalue weighted by molar-refractivity contribution is 5.94. The smallest absolute Gasteiger partial charge is 0.257 e. The lowest BCUT2D eigenvalue weighted by molar-refractivity contribution is -0.124. The Bertz CT molecular complexity index is 647. The molecule has 21 heavy (non-hydrogen) atoms. The van der Waals surface area contributed by atoms with Crippen LogP contribution in [-0.4, -0.2) is 18.1 Å². The second-order valence-electron chi connectivity index (χ2n) is 4.27. The van der Waals surface area contributed by atoms with Crippen LogP contribution in [0.25, 0.3) is 0 Å². The van der Waals surface area contributed by atoms with E-state index in [-0.39, 0.29) is 11.4 Å². The van der Waals surface area contributed by atoms with Gasteiger partial charge in [0.15, 0.2) is 23.5 Å². The van der Waals surface area contributed by atoms with Crippen LogP contribution in [0.2, 0.25) is 0 Å². The van der Waals surface area contributed by atoms with Gasteiger partial charge in [-0.15, -0.1) is 0 Å². The van der Waals surface area contributed by atoms with Gasteiger partial charge in [-0.05, 0) is 5.56 Å². The maximum absolute atomic E-state index is 13.7. The molecule has 0 aliphatic heterocycles. The average Bonchev–Trinajstić information content (AvgIpc) is 2.50. The van der Waals surface area contributed by atoms with E-state index in [2.05, 4.69) is 10.1 Å². The van der Waals surface area contributed by atoms with E-state index in [1.807, 2.05) is 0 Å². The first kappa shape index (κ1) is 14.9. The Balaban J connectivity index is 2.18. The second-order valence-corrected chi connectivity index (χ2v) is 4.27. The van der Waals surface area contributed by atoms with Crippen LogP contribution in [0, 0.1) is 11.6 Å². The molecule has 0 radical (unpaired) electrons. The molecule has 1 amide bonds. The number of ether oxygens (including phenoxy) is 1. The minimum atomic E-state index is -1.48. The molecule has 4 nitrogen and oxygen atoms in total. The highest BCUT2D eigenvalue weighted by Crippen LogP contribution is 2.25. The van der Waals surface area contributed by atoms with E-state index in [0.29, 0.717) is 5.56 Å². The van der Waals surface area contributed by atoms with Crippen molar-refractivity contribution in [1.82, 2.24) is 0 Å². The molecule has 0 aliphatic rings. The highest BCUT2D eigenvalue weighted by Gasteiger charge is 2.19. The molecule has 1 unspecified atom stereocenters. The Hall–Kier alpha value is -2.47. The maximum Gasteiger partial charge on any atom is 0.257 e. The molecule has 0 heterocycles. The average molecular weight is 293 g/mol. The van der Waals surface area contributed by atoms with Crippen LogP contribution in [0.4, 0.5) is 14.5 Å². The molecule has 0 saturated carbocycles. The van der Waals surface area contributed by atoms with E-state index in [9.17, 15) is 18.7 Å². The molecule has 2 aromatic rings. The van der Waals surface area contributed by atoms with Crippen molar-refractivity contribution >= 4 is 11.6 Å². The zero-order valence-electron chi connectivity index (χ0n) is 11.1. The molecule has 6 heteroatoms. The predicted molar refractivity (Wildman–Crippen MR) is 72.9 cm³/mol. The van der Waals surface area contributed by atoms with Gasteiger partial charge < -0.3 is 15.2 Å². The van der Waals surface area contributed by atoms with Crippen LogP contribution >= 0.6 is 0 Å². The number of nitrogens with one attached hydrogen (secondary N) is 1. The van der Waals surface area contributed by atoms with Crippen molar-refractivity contribution in [1.29, 1.82) is 0 Å². The molecular weight excluding hydrogens is 280 g/mol. The number of rotatable bonds is 4. The molecule has 2 aromatic carbocycles. The molecule has 1 atom stereocenters. The Labute approximate surface area is 120 Å². The van der Waals surface area contributed by atoms with E-state index in [4.69, 9.17) is 0 Å². The number of amides is 1. The van der Waals surface area contributed by atoms with Crippen LogP contribution in [0.5, 0.6) is 5.75 Å². The van der Waals surface area contributed by atoms with Crippen molar-refractivity contribution in [3.8, 4) is 5.75 Å². The molecule has 2 N–H and O–H groups in total. The van der Waals surface area contributed by atoms with Gasteiger partial charge in [-0.3, -0.25) is 4.79 Å². The van der Waals surface area contributed by atoms with Crippen molar-refractivity contribution in [2.75, 3.05) is 12.4 Å². The molecule has 0 aliphatic carbocycles. The minimum absolute atomic E-state index is 0.269. The Morgan fingerprint density at radius 2 is 1.86 bits per heavy atom. The Kier molecular flexibility index (Phi) is 4.49. The maximum atomic E-state index is 13.7. The predicted octanol–water partition coefficient (Wildman–Crippen LogP) is 2.65. The lowest BCUT2D eigenvalue weighted by atomic mass is 10.1. The molecule has 110 valence electrons. The minimum Gasteiger partial charge on any atom is -0.494 e.